The highest BCUT2D eigenvalue weighted by Gasteiger charge is 2.40. The van der Waals surface area contributed by atoms with Gasteiger partial charge in [-0.05, 0) is 37.5 Å². The van der Waals surface area contributed by atoms with Crippen molar-refractivity contribution >= 4 is 0 Å². The SMILES string of the molecule is O[C@@H]1C[C@@H](c2nc(-c3ccc4c(c3)OCO4)no2)N(C2CCOCC2)C1. The number of aromatic nitrogens is 2. The van der Waals surface area contributed by atoms with Gasteiger partial charge in [0.05, 0.1) is 12.1 Å². The number of aliphatic hydroxyl groups is 1. The van der Waals surface area contributed by atoms with Gasteiger partial charge in [0.15, 0.2) is 11.5 Å². The molecule has 1 aromatic carbocycles. The van der Waals surface area contributed by atoms with Crippen LogP contribution in [-0.4, -0.2) is 58.8 Å². The Labute approximate surface area is 150 Å². The lowest BCUT2D eigenvalue weighted by Gasteiger charge is -2.33. The van der Waals surface area contributed by atoms with Gasteiger partial charge in [-0.25, -0.2) is 0 Å². The summed E-state index contributed by atoms with van der Waals surface area (Å²) < 4.78 is 21.8. The first-order chi connectivity index (χ1) is 12.8. The summed E-state index contributed by atoms with van der Waals surface area (Å²) in [5.41, 5.74) is 0.820. The van der Waals surface area contributed by atoms with Gasteiger partial charge < -0.3 is 23.8 Å². The van der Waals surface area contributed by atoms with Crippen LogP contribution >= 0.6 is 0 Å². The summed E-state index contributed by atoms with van der Waals surface area (Å²) in [7, 11) is 0. The van der Waals surface area contributed by atoms with Crippen LogP contribution in [0.15, 0.2) is 22.7 Å². The summed E-state index contributed by atoms with van der Waals surface area (Å²) in [4.78, 5) is 6.91. The fourth-order valence-corrected chi connectivity index (χ4v) is 4.02. The smallest absolute Gasteiger partial charge is 0.244 e. The zero-order valence-corrected chi connectivity index (χ0v) is 14.3. The van der Waals surface area contributed by atoms with Crippen LogP contribution in [0.4, 0.5) is 0 Å². The molecule has 8 nitrogen and oxygen atoms in total. The molecule has 1 aromatic heterocycles. The highest BCUT2D eigenvalue weighted by atomic mass is 16.7. The van der Waals surface area contributed by atoms with Crippen molar-refractivity contribution in [1.29, 1.82) is 0 Å². The number of fused-ring (bicyclic) bond motifs is 1. The summed E-state index contributed by atoms with van der Waals surface area (Å²) in [5.74, 6) is 2.49. The quantitative estimate of drug-likeness (QED) is 0.886. The molecule has 2 saturated heterocycles. The number of hydrogen-bond acceptors (Lipinski definition) is 8. The second-order valence-corrected chi connectivity index (χ2v) is 6.97. The van der Waals surface area contributed by atoms with E-state index in [4.69, 9.17) is 18.7 Å². The van der Waals surface area contributed by atoms with Gasteiger partial charge >= 0.3 is 0 Å². The summed E-state index contributed by atoms with van der Waals surface area (Å²) in [6, 6.07) is 5.93. The summed E-state index contributed by atoms with van der Waals surface area (Å²) >= 11 is 0. The zero-order valence-electron chi connectivity index (χ0n) is 14.3. The molecule has 3 aliphatic rings. The number of β-amino-alcohol motifs (C(OH)–C–C–N with tert-alkyl or cyclic N) is 1. The number of ether oxygens (including phenoxy) is 3. The van der Waals surface area contributed by atoms with E-state index >= 15 is 0 Å². The van der Waals surface area contributed by atoms with Gasteiger partial charge in [0, 0.05) is 31.4 Å². The lowest BCUT2D eigenvalue weighted by Crippen LogP contribution is -2.39. The van der Waals surface area contributed by atoms with Crippen LogP contribution in [-0.2, 0) is 4.74 Å². The van der Waals surface area contributed by atoms with Gasteiger partial charge in [0.25, 0.3) is 0 Å². The lowest BCUT2D eigenvalue weighted by atomic mass is 10.1. The minimum absolute atomic E-state index is 0.0524. The Hall–Kier alpha value is -2.16. The van der Waals surface area contributed by atoms with E-state index in [0.717, 1.165) is 37.4 Å². The Bertz CT molecular complexity index is 789. The van der Waals surface area contributed by atoms with Crippen LogP contribution in [0.1, 0.15) is 31.2 Å². The number of nitrogens with zero attached hydrogens (tertiary/aromatic N) is 3. The number of hydrogen-bond donors (Lipinski definition) is 1. The van der Waals surface area contributed by atoms with Crippen LogP contribution in [0, 0.1) is 0 Å². The van der Waals surface area contributed by atoms with Crippen molar-refractivity contribution in [2.75, 3.05) is 26.6 Å². The normalized spacial score (nSPS) is 26.5. The van der Waals surface area contributed by atoms with Crippen LogP contribution in [0.3, 0.4) is 0 Å². The Kier molecular flexibility index (Phi) is 4.03. The molecule has 0 radical (unpaired) electrons. The predicted molar refractivity (Wildman–Crippen MR) is 89.8 cm³/mol. The second kappa shape index (κ2) is 6.53. The molecule has 0 bridgehead atoms. The van der Waals surface area contributed by atoms with Gasteiger partial charge in [-0.2, -0.15) is 4.98 Å². The Morgan fingerprint density at radius 1 is 1.12 bits per heavy atom. The largest absolute Gasteiger partial charge is 0.454 e. The predicted octanol–water partition coefficient (Wildman–Crippen LogP) is 1.75. The van der Waals surface area contributed by atoms with Crippen molar-refractivity contribution in [3.05, 3.63) is 24.1 Å². The number of rotatable bonds is 3. The summed E-state index contributed by atoms with van der Waals surface area (Å²) in [6.07, 6.45) is 2.17. The van der Waals surface area contributed by atoms with Crippen molar-refractivity contribution in [1.82, 2.24) is 15.0 Å². The highest BCUT2D eigenvalue weighted by Crippen LogP contribution is 2.38. The second-order valence-electron chi connectivity index (χ2n) is 6.97. The summed E-state index contributed by atoms with van der Waals surface area (Å²) in [5, 5.41) is 14.3. The number of benzene rings is 1. The molecule has 26 heavy (non-hydrogen) atoms. The van der Waals surface area contributed by atoms with E-state index in [-0.39, 0.29) is 18.9 Å². The molecule has 2 aromatic rings. The van der Waals surface area contributed by atoms with Crippen molar-refractivity contribution < 1.29 is 23.8 Å². The fourth-order valence-electron chi connectivity index (χ4n) is 4.02. The molecule has 0 amide bonds. The Morgan fingerprint density at radius 2 is 1.96 bits per heavy atom. The van der Waals surface area contributed by atoms with Gasteiger partial charge in [-0.1, -0.05) is 5.16 Å². The minimum Gasteiger partial charge on any atom is -0.454 e. The molecule has 0 spiro atoms. The molecule has 2 atom stereocenters. The molecule has 5 rings (SSSR count). The third-order valence-corrected chi connectivity index (χ3v) is 5.33. The first-order valence-corrected chi connectivity index (χ1v) is 9.03. The summed E-state index contributed by atoms with van der Waals surface area (Å²) in [6.45, 7) is 2.39. The van der Waals surface area contributed by atoms with E-state index in [1.54, 1.807) is 0 Å². The Morgan fingerprint density at radius 3 is 2.85 bits per heavy atom. The van der Waals surface area contributed by atoms with Crippen LogP contribution in [0.25, 0.3) is 11.4 Å². The molecule has 138 valence electrons. The van der Waals surface area contributed by atoms with Gasteiger partial charge in [-0.15, -0.1) is 0 Å². The molecule has 3 aliphatic heterocycles. The topological polar surface area (TPSA) is 90.1 Å². The molecule has 0 aliphatic carbocycles. The van der Waals surface area contributed by atoms with Gasteiger partial charge in [-0.3, -0.25) is 4.90 Å². The molecular weight excluding hydrogens is 338 g/mol. The van der Waals surface area contributed by atoms with E-state index < -0.39 is 0 Å². The van der Waals surface area contributed by atoms with Crippen molar-refractivity contribution in [2.45, 2.75) is 37.5 Å². The zero-order chi connectivity index (χ0) is 17.5. The van der Waals surface area contributed by atoms with E-state index in [2.05, 4.69) is 15.0 Å². The molecule has 0 unspecified atom stereocenters. The monoisotopic (exact) mass is 359 g/mol. The van der Waals surface area contributed by atoms with E-state index in [9.17, 15) is 5.11 Å². The van der Waals surface area contributed by atoms with Gasteiger partial charge in [0.2, 0.25) is 18.5 Å². The molecule has 1 N–H and O–H groups in total. The first-order valence-electron chi connectivity index (χ1n) is 9.03. The lowest BCUT2D eigenvalue weighted by molar-refractivity contribution is 0.0214. The van der Waals surface area contributed by atoms with Crippen molar-refractivity contribution in [3.8, 4) is 22.9 Å². The van der Waals surface area contributed by atoms with E-state index in [1.807, 2.05) is 18.2 Å². The molecular formula is C18H21N3O5. The van der Waals surface area contributed by atoms with Crippen LogP contribution in [0.5, 0.6) is 11.5 Å². The molecule has 8 heteroatoms. The molecule has 0 saturated carbocycles. The minimum atomic E-state index is -0.372. The van der Waals surface area contributed by atoms with Crippen molar-refractivity contribution in [2.24, 2.45) is 0 Å². The number of aliphatic hydroxyl groups excluding tert-OH is 1. The third kappa shape index (κ3) is 2.84. The maximum atomic E-state index is 10.2. The van der Waals surface area contributed by atoms with E-state index in [1.165, 1.54) is 0 Å². The highest BCUT2D eigenvalue weighted by molar-refractivity contribution is 5.61. The fraction of sp³-hybridized carbons (Fsp3) is 0.556. The van der Waals surface area contributed by atoms with Gasteiger partial charge in [0.1, 0.15) is 0 Å². The molecule has 4 heterocycles. The maximum absolute atomic E-state index is 10.2. The van der Waals surface area contributed by atoms with Crippen molar-refractivity contribution in [3.63, 3.8) is 0 Å². The molecule has 2 fully saturated rings. The Balaban J connectivity index is 1.40. The number of likely N-dealkylation sites (tertiary alicyclic amines) is 1. The van der Waals surface area contributed by atoms with Crippen LogP contribution < -0.4 is 9.47 Å². The maximum Gasteiger partial charge on any atom is 0.244 e. The standard InChI is InChI=1S/C18H21N3O5/c22-13-8-14(21(9-13)12-3-5-23-6-4-12)18-19-17(20-26-18)11-1-2-15-16(7-11)25-10-24-15/h1-2,7,12-14,22H,3-6,8-10H2/t13-,14+/m1/s1. The average molecular weight is 359 g/mol. The third-order valence-electron chi connectivity index (χ3n) is 5.33. The van der Waals surface area contributed by atoms with E-state index in [0.29, 0.717) is 36.5 Å². The average Bonchev–Trinajstić information content (AvgIpc) is 3.40. The first kappa shape index (κ1) is 16.0. The van der Waals surface area contributed by atoms with Crippen LogP contribution in [0.2, 0.25) is 0 Å².